The van der Waals surface area contributed by atoms with Crippen molar-refractivity contribution in [3.63, 3.8) is 0 Å². The quantitative estimate of drug-likeness (QED) is 0.784. The van der Waals surface area contributed by atoms with Crippen LogP contribution in [0.1, 0.15) is 34.2 Å². The van der Waals surface area contributed by atoms with E-state index in [0.717, 1.165) is 46.2 Å². The fourth-order valence-electron chi connectivity index (χ4n) is 4.97. The van der Waals surface area contributed by atoms with Crippen LogP contribution in [0.4, 0.5) is 0 Å². The number of aliphatic hydroxyl groups is 1. The van der Waals surface area contributed by atoms with Crippen molar-refractivity contribution < 1.29 is 24.1 Å². The Morgan fingerprint density at radius 1 is 0.962 bits per heavy atom. The largest absolute Gasteiger partial charge is 0.454 e. The van der Waals surface area contributed by atoms with Crippen LogP contribution < -0.4 is 18.9 Å². The second kappa shape index (κ2) is 5.05. The van der Waals surface area contributed by atoms with Gasteiger partial charge in [-0.3, -0.25) is 4.90 Å². The van der Waals surface area contributed by atoms with Crippen molar-refractivity contribution in [2.24, 2.45) is 0 Å². The molecule has 0 saturated heterocycles. The van der Waals surface area contributed by atoms with Crippen LogP contribution in [0.2, 0.25) is 0 Å². The van der Waals surface area contributed by atoms with E-state index in [9.17, 15) is 5.11 Å². The minimum atomic E-state index is -0.463. The van der Waals surface area contributed by atoms with Gasteiger partial charge in [0.15, 0.2) is 23.0 Å². The number of hydrogen-bond acceptors (Lipinski definition) is 6. The van der Waals surface area contributed by atoms with Gasteiger partial charge in [0.25, 0.3) is 0 Å². The highest BCUT2D eigenvalue weighted by atomic mass is 16.7. The van der Waals surface area contributed by atoms with Gasteiger partial charge in [0.2, 0.25) is 13.6 Å². The highest BCUT2D eigenvalue weighted by Crippen LogP contribution is 2.54. The Morgan fingerprint density at radius 3 is 2.62 bits per heavy atom. The van der Waals surface area contributed by atoms with E-state index in [1.807, 2.05) is 12.1 Å². The molecule has 3 atom stereocenters. The van der Waals surface area contributed by atoms with Gasteiger partial charge in [-0.2, -0.15) is 0 Å². The Balaban J connectivity index is 1.53. The number of benzene rings is 2. The van der Waals surface area contributed by atoms with Crippen LogP contribution in [0.15, 0.2) is 24.3 Å². The van der Waals surface area contributed by atoms with Gasteiger partial charge in [-0.15, -0.1) is 0 Å². The first kappa shape index (κ1) is 14.7. The smallest absolute Gasteiger partial charge is 0.231 e. The topological polar surface area (TPSA) is 60.4 Å². The van der Waals surface area contributed by atoms with Crippen LogP contribution >= 0.6 is 0 Å². The van der Waals surface area contributed by atoms with Gasteiger partial charge in [0.05, 0.1) is 6.10 Å². The molecule has 1 N–H and O–H groups in total. The normalized spacial score (nSPS) is 27.7. The fourth-order valence-corrected chi connectivity index (χ4v) is 4.97. The summed E-state index contributed by atoms with van der Waals surface area (Å²) in [6, 6.07) is 8.27. The van der Waals surface area contributed by atoms with E-state index in [4.69, 9.17) is 18.9 Å². The highest BCUT2D eigenvalue weighted by molar-refractivity contribution is 5.58. The molecule has 0 saturated carbocycles. The van der Waals surface area contributed by atoms with E-state index in [2.05, 4.69) is 24.1 Å². The van der Waals surface area contributed by atoms with Gasteiger partial charge in [0, 0.05) is 24.1 Å². The van der Waals surface area contributed by atoms with Gasteiger partial charge in [0.1, 0.15) is 0 Å². The van der Waals surface area contributed by atoms with Crippen molar-refractivity contribution >= 4 is 0 Å². The lowest BCUT2D eigenvalue weighted by molar-refractivity contribution is 0.0591. The molecule has 0 radical (unpaired) electrons. The molecule has 0 unspecified atom stereocenters. The summed E-state index contributed by atoms with van der Waals surface area (Å²) < 4.78 is 22.4. The maximum absolute atomic E-state index is 11.0. The Bertz CT molecular complexity index is 925. The first-order valence-corrected chi connectivity index (χ1v) is 8.93. The summed E-state index contributed by atoms with van der Waals surface area (Å²) >= 11 is 0. The molecule has 6 rings (SSSR count). The molecule has 4 aliphatic rings. The predicted molar refractivity (Wildman–Crippen MR) is 91.8 cm³/mol. The van der Waals surface area contributed by atoms with Gasteiger partial charge in [-0.25, -0.2) is 0 Å². The number of hydrogen-bond donors (Lipinski definition) is 1. The van der Waals surface area contributed by atoms with Crippen LogP contribution in [0.5, 0.6) is 23.0 Å². The summed E-state index contributed by atoms with van der Waals surface area (Å²) in [5.41, 5.74) is 4.65. The van der Waals surface area contributed by atoms with E-state index in [-0.39, 0.29) is 25.5 Å². The van der Waals surface area contributed by atoms with Crippen molar-refractivity contribution in [3.8, 4) is 23.0 Å². The third-order valence-corrected chi connectivity index (χ3v) is 6.06. The number of fused-ring (bicyclic) bond motifs is 8. The van der Waals surface area contributed by atoms with Gasteiger partial charge in [-0.05, 0) is 48.4 Å². The van der Waals surface area contributed by atoms with Crippen molar-refractivity contribution in [1.29, 1.82) is 0 Å². The average molecular weight is 353 g/mol. The molecule has 0 aromatic heterocycles. The molecule has 6 heteroatoms. The van der Waals surface area contributed by atoms with Crippen molar-refractivity contribution in [3.05, 3.63) is 46.5 Å². The minimum absolute atomic E-state index is 0.00822. The molecule has 2 aromatic rings. The van der Waals surface area contributed by atoms with Crippen LogP contribution in [0.3, 0.4) is 0 Å². The van der Waals surface area contributed by atoms with Crippen LogP contribution in [-0.4, -0.2) is 36.7 Å². The first-order valence-electron chi connectivity index (χ1n) is 8.93. The van der Waals surface area contributed by atoms with E-state index in [0.29, 0.717) is 6.42 Å². The lowest BCUT2D eigenvalue weighted by Crippen LogP contribution is -2.43. The van der Waals surface area contributed by atoms with E-state index in [1.54, 1.807) is 0 Å². The zero-order valence-corrected chi connectivity index (χ0v) is 14.4. The SMILES string of the molecule is CN1Cc2c(ccc3c2OCO3)[C@@H]2[C@H](O)Cc3cc4c(cc3[C@H]21)OCO4. The fraction of sp³-hybridized carbons (Fsp3) is 0.400. The zero-order valence-electron chi connectivity index (χ0n) is 14.4. The second-order valence-corrected chi connectivity index (χ2v) is 7.43. The van der Waals surface area contributed by atoms with Gasteiger partial charge in [-0.1, -0.05) is 6.07 Å². The predicted octanol–water partition coefficient (Wildman–Crippen LogP) is 2.33. The molecule has 0 spiro atoms. The molecule has 0 fully saturated rings. The minimum Gasteiger partial charge on any atom is -0.454 e. The standard InChI is InChI=1S/C20H19NO5/c1-21-7-13-11(2-3-15-20(13)26-9-23-15)18-14(22)4-10-5-16-17(25-8-24-16)6-12(10)19(18)21/h2-3,5-6,14,18-19,22H,4,7-9H2,1H3/t14-,18-,19-/m1/s1. The Labute approximate surface area is 150 Å². The lowest BCUT2D eigenvalue weighted by Gasteiger charge is -2.46. The summed E-state index contributed by atoms with van der Waals surface area (Å²) in [5, 5.41) is 11.0. The summed E-state index contributed by atoms with van der Waals surface area (Å²) in [6.45, 7) is 1.28. The molecule has 3 heterocycles. The van der Waals surface area contributed by atoms with Crippen molar-refractivity contribution in [2.75, 3.05) is 20.6 Å². The molecule has 0 amide bonds. The second-order valence-electron chi connectivity index (χ2n) is 7.43. The molecule has 6 nitrogen and oxygen atoms in total. The van der Waals surface area contributed by atoms with Crippen molar-refractivity contribution in [2.45, 2.75) is 31.0 Å². The number of nitrogens with zero attached hydrogens (tertiary/aromatic N) is 1. The molecule has 1 aliphatic carbocycles. The summed E-state index contributed by atoms with van der Waals surface area (Å²) in [7, 11) is 2.10. The summed E-state index contributed by atoms with van der Waals surface area (Å²) in [6.07, 6.45) is 0.143. The molecule has 2 aromatic carbocycles. The number of ether oxygens (including phenoxy) is 4. The molecular formula is C20H19NO5. The average Bonchev–Trinajstić information content (AvgIpc) is 3.28. The van der Waals surface area contributed by atoms with E-state index < -0.39 is 6.10 Å². The molecule has 3 aliphatic heterocycles. The van der Waals surface area contributed by atoms with Gasteiger partial charge >= 0.3 is 0 Å². The lowest BCUT2D eigenvalue weighted by atomic mass is 9.70. The summed E-state index contributed by atoms with van der Waals surface area (Å²) in [5.74, 6) is 3.19. The Morgan fingerprint density at radius 2 is 1.73 bits per heavy atom. The van der Waals surface area contributed by atoms with Crippen LogP contribution in [0, 0.1) is 0 Å². The number of aliphatic hydroxyl groups excluding tert-OH is 1. The monoisotopic (exact) mass is 353 g/mol. The third-order valence-electron chi connectivity index (χ3n) is 6.06. The maximum atomic E-state index is 11.0. The Hall–Kier alpha value is -2.44. The number of likely N-dealkylation sites (N-methyl/N-ethyl adjacent to an activating group) is 1. The third kappa shape index (κ3) is 1.83. The van der Waals surface area contributed by atoms with E-state index in [1.165, 1.54) is 5.56 Å². The maximum Gasteiger partial charge on any atom is 0.231 e. The van der Waals surface area contributed by atoms with Crippen LogP contribution in [-0.2, 0) is 13.0 Å². The molecule has 0 bridgehead atoms. The van der Waals surface area contributed by atoms with Crippen LogP contribution in [0.25, 0.3) is 0 Å². The van der Waals surface area contributed by atoms with Gasteiger partial charge < -0.3 is 24.1 Å². The number of rotatable bonds is 0. The van der Waals surface area contributed by atoms with E-state index >= 15 is 0 Å². The molecule has 134 valence electrons. The Kier molecular flexibility index (Phi) is 2.86. The molecular weight excluding hydrogens is 334 g/mol. The zero-order chi connectivity index (χ0) is 17.4. The first-order chi connectivity index (χ1) is 12.7. The van der Waals surface area contributed by atoms with Crippen molar-refractivity contribution in [1.82, 2.24) is 4.90 Å². The summed E-state index contributed by atoms with van der Waals surface area (Å²) in [4.78, 5) is 2.29. The molecule has 26 heavy (non-hydrogen) atoms. The highest BCUT2D eigenvalue weighted by Gasteiger charge is 2.45.